The Bertz CT molecular complexity index is 514. The summed E-state index contributed by atoms with van der Waals surface area (Å²) in [5.74, 6) is -1.65. The second-order valence-corrected chi connectivity index (χ2v) is 6.82. The molecule has 0 fully saturated rings. The molecule has 0 aromatic rings. The van der Waals surface area contributed by atoms with E-state index in [-0.39, 0.29) is 12.5 Å². The van der Waals surface area contributed by atoms with Gasteiger partial charge in [-0.25, -0.2) is 14.4 Å². The van der Waals surface area contributed by atoms with Crippen LogP contribution < -0.4 is 16.0 Å². The number of hydrogen-bond acceptors (Lipinski definition) is 7. The van der Waals surface area contributed by atoms with E-state index in [0.29, 0.717) is 0 Å². The van der Waals surface area contributed by atoms with Crippen LogP contribution in [0.1, 0.15) is 34.6 Å². The van der Waals surface area contributed by atoms with E-state index >= 15 is 0 Å². The molecule has 3 amide bonds. The zero-order valence-electron chi connectivity index (χ0n) is 16.3. The number of alkyl carbamates (subject to hydrolysis) is 2. The predicted octanol–water partition coefficient (Wildman–Crippen LogP) is 0.550. The van der Waals surface area contributed by atoms with Crippen molar-refractivity contribution in [3.8, 4) is 0 Å². The maximum Gasteiger partial charge on any atom is 0.407 e. The van der Waals surface area contributed by atoms with Gasteiger partial charge in [0.05, 0.1) is 20.8 Å². The molecule has 0 unspecified atom stereocenters. The molecule has 10 nitrogen and oxygen atoms in total. The lowest BCUT2D eigenvalue weighted by atomic mass is 10.0. The second kappa shape index (κ2) is 10.5. The molecule has 26 heavy (non-hydrogen) atoms. The van der Waals surface area contributed by atoms with Crippen molar-refractivity contribution in [2.24, 2.45) is 5.92 Å². The lowest BCUT2D eigenvalue weighted by Gasteiger charge is -2.25. The van der Waals surface area contributed by atoms with Crippen molar-refractivity contribution >= 4 is 24.1 Å². The Hall–Kier alpha value is -2.52. The normalized spacial score (nSPS) is 13.2. The highest BCUT2D eigenvalue weighted by atomic mass is 16.6. The third kappa shape index (κ3) is 9.09. The molecular formula is C16H29N3O7. The SMILES string of the molecule is COC(=O)N[C@H](C(=O)N[C@@H](CNC(=O)OC(C)(C)C)C(=O)OC)C(C)C. The fourth-order valence-corrected chi connectivity index (χ4v) is 1.82. The van der Waals surface area contributed by atoms with Crippen molar-refractivity contribution in [3.05, 3.63) is 0 Å². The molecule has 0 heterocycles. The number of hydrogen-bond donors (Lipinski definition) is 3. The number of amides is 3. The third-order valence-corrected chi connectivity index (χ3v) is 3.06. The van der Waals surface area contributed by atoms with Crippen LogP contribution in [-0.2, 0) is 23.8 Å². The molecule has 0 aliphatic rings. The van der Waals surface area contributed by atoms with E-state index in [1.54, 1.807) is 34.6 Å². The van der Waals surface area contributed by atoms with E-state index in [2.05, 4.69) is 25.4 Å². The molecule has 2 atom stereocenters. The minimum Gasteiger partial charge on any atom is -0.467 e. The highest BCUT2D eigenvalue weighted by Crippen LogP contribution is 2.07. The molecule has 3 N–H and O–H groups in total. The molecule has 0 saturated carbocycles. The fraction of sp³-hybridized carbons (Fsp3) is 0.750. The number of carbonyl (C=O) groups is 4. The van der Waals surface area contributed by atoms with Crippen LogP contribution in [0.2, 0.25) is 0 Å². The summed E-state index contributed by atoms with van der Waals surface area (Å²) in [6.45, 7) is 8.27. The number of nitrogens with one attached hydrogen (secondary N) is 3. The standard InChI is InChI=1S/C16H29N3O7/c1-9(2)11(19-15(23)25-7)12(20)18-10(13(21)24-6)8-17-14(22)26-16(3,4)5/h9-11H,8H2,1-7H3,(H,17,22)(H,18,20)(H,19,23)/t10-,11-/m0/s1. The maximum absolute atomic E-state index is 12.4. The van der Waals surface area contributed by atoms with E-state index < -0.39 is 41.7 Å². The molecule has 10 heteroatoms. The number of esters is 1. The largest absolute Gasteiger partial charge is 0.467 e. The zero-order valence-corrected chi connectivity index (χ0v) is 16.3. The Kier molecular flexibility index (Phi) is 9.45. The number of ether oxygens (including phenoxy) is 3. The predicted molar refractivity (Wildman–Crippen MR) is 92.4 cm³/mol. The number of rotatable bonds is 7. The molecule has 0 rings (SSSR count). The maximum atomic E-state index is 12.4. The van der Waals surface area contributed by atoms with Crippen LogP contribution >= 0.6 is 0 Å². The Balaban J connectivity index is 4.97. The van der Waals surface area contributed by atoms with Crippen LogP contribution in [-0.4, -0.2) is 62.5 Å². The van der Waals surface area contributed by atoms with Gasteiger partial charge in [0.25, 0.3) is 0 Å². The van der Waals surface area contributed by atoms with Crippen LogP contribution in [0.5, 0.6) is 0 Å². The van der Waals surface area contributed by atoms with E-state index in [0.717, 1.165) is 7.11 Å². The Labute approximate surface area is 153 Å². The van der Waals surface area contributed by atoms with E-state index in [4.69, 9.17) is 4.74 Å². The highest BCUT2D eigenvalue weighted by molar-refractivity contribution is 5.90. The van der Waals surface area contributed by atoms with Gasteiger partial charge >= 0.3 is 18.2 Å². The molecular weight excluding hydrogens is 346 g/mol. The quantitative estimate of drug-likeness (QED) is 0.437. The summed E-state index contributed by atoms with van der Waals surface area (Å²) in [5, 5.41) is 7.22. The second-order valence-electron chi connectivity index (χ2n) is 6.82. The smallest absolute Gasteiger partial charge is 0.407 e. The van der Waals surface area contributed by atoms with Crippen molar-refractivity contribution in [2.75, 3.05) is 20.8 Å². The van der Waals surface area contributed by atoms with Crippen molar-refractivity contribution in [1.29, 1.82) is 0 Å². The van der Waals surface area contributed by atoms with Crippen molar-refractivity contribution in [2.45, 2.75) is 52.3 Å². The molecule has 150 valence electrons. The molecule has 0 saturated heterocycles. The summed E-state index contributed by atoms with van der Waals surface area (Å²) in [7, 11) is 2.33. The van der Waals surface area contributed by atoms with Gasteiger partial charge in [-0.15, -0.1) is 0 Å². The summed E-state index contributed by atoms with van der Waals surface area (Å²) in [6.07, 6.45) is -1.52. The number of methoxy groups -OCH3 is 2. The van der Waals surface area contributed by atoms with Gasteiger partial charge in [0.2, 0.25) is 5.91 Å². The Morgan fingerprint density at radius 3 is 1.92 bits per heavy atom. The summed E-state index contributed by atoms with van der Waals surface area (Å²) in [5.41, 5.74) is -0.707. The van der Waals surface area contributed by atoms with Crippen molar-refractivity contribution < 1.29 is 33.4 Å². The van der Waals surface area contributed by atoms with Crippen molar-refractivity contribution in [1.82, 2.24) is 16.0 Å². The van der Waals surface area contributed by atoms with E-state index in [9.17, 15) is 19.2 Å². The monoisotopic (exact) mass is 375 g/mol. The van der Waals surface area contributed by atoms with Gasteiger partial charge < -0.3 is 30.2 Å². The highest BCUT2D eigenvalue weighted by Gasteiger charge is 2.30. The first-order valence-electron chi connectivity index (χ1n) is 8.10. The van der Waals surface area contributed by atoms with Crippen molar-refractivity contribution in [3.63, 3.8) is 0 Å². The van der Waals surface area contributed by atoms with E-state index in [1.165, 1.54) is 7.11 Å². The Morgan fingerprint density at radius 2 is 1.50 bits per heavy atom. The van der Waals surface area contributed by atoms with Gasteiger partial charge in [-0.3, -0.25) is 4.79 Å². The average Bonchev–Trinajstić information content (AvgIpc) is 2.53. The average molecular weight is 375 g/mol. The minimum atomic E-state index is -1.15. The lowest BCUT2D eigenvalue weighted by molar-refractivity contribution is -0.145. The zero-order chi connectivity index (χ0) is 20.5. The first kappa shape index (κ1) is 23.5. The molecule has 0 aliphatic heterocycles. The van der Waals surface area contributed by atoms with Gasteiger partial charge in [0.15, 0.2) is 0 Å². The lowest BCUT2D eigenvalue weighted by Crippen LogP contribution is -2.56. The fourth-order valence-electron chi connectivity index (χ4n) is 1.82. The van der Waals surface area contributed by atoms with Crippen LogP contribution in [0.3, 0.4) is 0 Å². The molecule has 0 aromatic heterocycles. The van der Waals surface area contributed by atoms with Crippen LogP contribution in [0.15, 0.2) is 0 Å². The van der Waals surface area contributed by atoms with Crippen LogP contribution in [0.25, 0.3) is 0 Å². The Morgan fingerprint density at radius 1 is 0.923 bits per heavy atom. The summed E-state index contributed by atoms with van der Waals surface area (Å²) < 4.78 is 14.2. The first-order valence-corrected chi connectivity index (χ1v) is 8.10. The third-order valence-electron chi connectivity index (χ3n) is 3.06. The summed E-state index contributed by atoms with van der Waals surface area (Å²) in [4.78, 5) is 47.4. The van der Waals surface area contributed by atoms with Crippen LogP contribution in [0.4, 0.5) is 9.59 Å². The molecule has 0 aromatic carbocycles. The van der Waals surface area contributed by atoms with Gasteiger partial charge in [0.1, 0.15) is 17.7 Å². The van der Waals surface area contributed by atoms with Gasteiger partial charge in [-0.2, -0.15) is 0 Å². The molecule has 0 spiro atoms. The molecule has 0 aliphatic carbocycles. The van der Waals surface area contributed by atoms with E-state index in [1.807, 2.05) is 0 Å². The molecule has 0 radical (unpaired) electrons. The summed E-state index contributed by atoms with van der Waals surface area (Å²) in [6, 6.07) is -2.09. The first-order chi connectivity index (χ1) is 11.9. The van der Waals surface area contributed by atoms with Gasteiger partial charge in [0, 0.05) is 0 Å². The van der Waals surface area contributed by atoms with Gasteiger partial charge in [-0.1, -0.05) is 13.8 Å². The number of carbonyl (C=O) groups excluding carboxylic acids is 4. The molecule has 0 bridgehead atoms. The minimum absolute atomic E-state index is 0.240. The summed E-state index contributed by atoms with van der Waals surface area (Å²) >= 11 is 0. The topological polar surface area (TPSA) is 132 Å². The van der Waals surface area contributed by atoms with Gasteiger partial charge in [-0.05, 0) is 26.7 Å². The van der Waals surface area contributed by atoms with Crippen LogP contribution in [0, 0.1) is 5.92 Å².